The van der Waals surface area contributed by atoms with Crippen LogP contribution in [0.5, 0.6) is 11.5 Å². The Morgan fingerprint density at radius 1 is 1.02 bits per heavy atom. The summed E-state index contributed by atoms with van der Waals surface area (Å²) in [7, 11) is 3.18. The van der Waals surface area contributed by atoms with E-state index in [1.165, 1.54) is 11.8 Å². The molecule has 11 heteroatoms. The van der Waals surface area contributed by atoms with E-state index < -0.39 is 0 Å². The van der Waals surface area contributed by atoms with Crippen molar-refractivity contribution < 1.29 is 19.1 Å². The van der Waals surface area contributed by atoms with Gasteiger partial charge in [-0.15, -0.1) is 0 Å². The molecule has 0 radical (unpaired) electrons. The largest absolute Gasteiger partial charge is 0.493 e. The van der Waals surface area contributed by atoms with Crippen LogP contribution in [0.1, 0.15) is 25.3 Å². The summed E-state index contributed by atoms with van der Waals surface area (Å²) in [5.41, 5.74) is 2.84. The number of ether oxygens (including phenoxy) is 2. The summed E-state index contributed by atoms with van der Waals surface area (Å²) >= 11 is 13.5. The van der Waals surface area contributed by atoms with Gasteiger partial charge in [-0.25, -0.2) is 9.97 Å². The van der Waals surface area contributed by atoms with Crippen molar-refractivity contribution in [3.8, 4) is 22.6 Å². The van der Waals surface area contributed by atoms with E-state index in [4.69, 9.17) is 32.7 Å². The minimum Gasteiger partial charge on any atom is -0.493 e. The van der Waals surface area contributed by atoms with Gasteiger partial charge in [0.1, 0.15) is 0 Å². The number of nitrogens with zero attached hydrogens (tertiary/aromatic N) is 3. The lowest BCUT2D eigenvalue weighted by Gasteiger charge is -2.23. The Hall–Kier alpha value is -3.01. The third kappa shape index (κ3) is 7.80. The van der Waals surface area contributed by atoms with Crippen LogP contribution >= 0.6 is 35.0 Å². The Balaban J connectivity index is 1.23. The molecule has 1 aliphatic rings. The average Bonchev–Trinajstić information content (AvgIpc) is 3.36. The van der Waals surface area contributed by atoms with Crippen molar-refractivity contribution >= 4 is 46.8 Å². The molecule has 1 saturated heterocycles. The van der Waals surface area contributed by atoms with Crippen LogP contribution in [0.25, 0.3) is 11.1 Å². The molecule has 2 atom stereocenters. The van der Waals surface area contributed by atoms with Gasteiger partial charge in [-0.2, -0.15) is 0 Å². The highest BCUT2D eigenvalue weighted by Gasteiger charge is 2.33. The molecular formula is C29H32Cl2N4O4S. The van der Waals surface area contributed by atoms with E-state index in [0.29, 0.717) is 52.1 Å². The van der Waals surface area contributed by atoms with Crippen LogP contribution in [-0.2, 0) is 16.0 Å². The summed E-state index contributed by atoms with van der Waals surface area (Å²) in [6, 6.07) is 11.4. The number of aromatic nitrogens is 2. The summed E-state index contributed by atoms with van der Waals surface area (Å²) in [5.74, 6) is 1.76. The van der Waals surface area contributed by atoms with E-state index in [9.17, 15) is 9.59 Å². The van der Waals surface area contributed by atoms with Gasteiger partial charge in [-0.05, 0) is 60.6 Å². The fourth-order valence-corrected chi connectivity index (χ4v) is 5.87. The second-order valence-electron chi connectivity index (χ2n) is 9.63. The normalized spacial score (nSPS) is 16.6. The summed E-state index contributed by atoms with van der Waals surface area (Å²) in [6.07, 6.45) is 5.85. The number of carbonyl (C=O) groups excluding carboxylic acids is 2. The lowest BCUT2D eigenvalue weighted by Crippen LogP contribution is -2.37. The lowest BCUT2D eigenvalue weighted by molar-refractivity contribution is -0.129. The van der Waals surface area contributed by atoms with Gasteiger partial charge in [0.15, 0.2) is 16.7 Å². The van der Waals surface area contributed by atoms with Gasteiger partial charge in [-0.3, -0.25) is 9.59 Å². The van der Waals surface area contributed by atoms with Crippen molar-refractivity contribution in [3.63, 3.8) is 0 Å². The third-order valence-electron chi connectivity index (χ3n) is 6.89. The SMILES string of the molecule is COc1ccc(-c2cnc(SCC(=O)NCC[C@@H]3C[C@@H](Cc4ccc(Cl)c(Cl)c4)CN3C(C)=O)nc2)cc1OC. The molecule has 2 amide bonds. The molecule has 0 bridgehead atoms. The van der Waals surface area contributed by atoms with Crippen molar-refractivity contribution in [2.45, 2.75) is 37.4 Å². The first-order valence-electron chi connectivity index (χ1n) is 12.9. The smallest absolute Gasteiger partial charge is 0.230 e. The average molecular weight is 604 g/mol. The Bertz CT molecular complexity index is 1340. The summed E-state index contributed by atoms with van der Waals surface area (Å²) in [6.45, 7) is 2.79. The van der Waals surface area contributed by atoms with E-state index in [1.807, 2.05) is 35.2 Å². The van der Waals surface area contributed by atoms with Crippen molar-refractivity contribution in [1.29, 1.82) is 0 Å². The molecule has 8 nitrogen and oxygen atoms in total. The fourth-order valence-electron chi connectivity index (χ4n) is 4.94. The molecule has 1 fully saturated rings. The number of hydrogen-bond acceptors (Lipinski definition) is 7. The molecule has 0 aliphatic carbocycles. The highest BCUT2D eigenvalue weighted by Crippen LogP contribution is 2.32. The van der Waals surface area contributed by atoms with Gasteiger partial charge in [0, 0.05) is 44.0 Å². The number of halogens is 2. The number of rotatable bonds is 11. The number of amides is 2. The predicted octanol–water partition coefficient (Wildman–Crippen LogP) is 5.55. The van der Waals surface area contributed by atoms with Crippen LogP contribution in [0.2, 0.25) is 10.0 Å². The van der Waals surface area contributed by atoms with Gasteiger partial charge in [0.25, 0.3) is 0 Å². The minimum atomic E-state index is -0.0997. The molecule has 1 aliphatic heterocycles. The molecule has 4 rings (SSSR count). The Morgan fingerprint density at radius 2 is 1.77 bits per heavy atom. The molecule has 40 heavy (non-hydrogen) atoms. The van der Waals surface area contributed by atoms with Gasteiger partial charge >= 0.3 is 0 Å². The number of methoxy groups -OCH3 is 2. The van der Waals surface area contributed by atoms with Crippen molar-refractivity contribution in [1.82, 2.24) is 20.2 Å². The number of nitrogens with one attached hydrogen (secondary N) is 1. The van der Waals surface area contributed by atoms with Crippen LogP contribution in [0.15, 0.2) is 53.9 Å². The standard InChI is InChI=1S/C29H32Cl2N4O4S/c1-18(36)35-16-20(10-19-4-6-24(30)25(31)12-19)11-23(35)8-9-32-28(37)17-40-29-33-14-22(15-34-29)21-5-7-26(38-2)27(13-21)39-3/h4-7,12-15,20,23H,8-11,16-17H2,1-3H3,(H,32,37)/t20-,23-/m1/s1. The van der Waals surface area contributed by atoms with Gasteiger partial charge < -0.3 is 19.7 Å². The summed E-state index contributed by atoms with van der Waals surface area (Å²) in [5, 5.41) is 4.56. The van der Waals surface area contributed by atoms with Crippen molar-refractivity contribution in [2.75, 3.05) is 33.1 Å². The van der Waals surface area contributed by atoms with Gasteiger partial charge in [-0.1, -0.05) is 47.1 Å². The highest BCUT2D eigenvalue weighted by atomic mass is 35.5. The topological polar surface area (TPSA) is 93.7 Å². The quantitative estimate of drug-likeness (QED) is 0.227. The Morgan fingerprint density at radius 3 is 2.45 bits per heavy atom. The minimum absolute atomic E-state index is 0.0530. The van der Waals surface area contributed by atoms with E-state index >= 15 is 0 Å². The number of carbonyl (C=O) groups is 2. The number of hydrogen-bond donors (Lipinski definition) is 1. The Kier molecular flexibility index (Phi) is 10.5. The molecule has 2 heterocycles. The summed E-state index contributed by atoms with van der Waals surface area (Å²) < 4.78 is 10.6. The predicted molar refractivity (Wildman–Crippen MR) is 158 cm³/mol. The van der Waals surface area contributed by atoms with Gasteiger partial charge in [0.05, 0.1) is 30.0 Å². The Labute approximate surface area is 248 Å². The van der Waals surface area contributed by atoms with E-state index in [-0.39, 0.29) is 23.6 Å². The van der Waals surface area contributed by atoms with Crippen LogP contribution in [0, 0.1) is 5.92 Å². The molecule has 0 saturated carbocycles. The lowest BCUT2D eigenvalue weighted by atomic mass is 9.96. The van der Waals surface area contributed by atoms with Gasteiger partial charge in [0.2, 0.25) is 11.8 Å². The fraction of sp³-hybridized carbons (Fsp3) is 0.379. The molecule has 2 aromatic carbocycles. The third-order valence-corrected chi connectivity index (χ3v) is 8.51. The van der Waals surface area contributed by atoms with E-state index in [1.54, 1.807) is 39.6 Å². The zero-order valence-electron chi connectivity index (χ0n) is 22.7. The van der Waals surface area contributed by atoms with Crippen LogP contribution in [0.4, 0.5) is 0 Å². The maximum Gasteiger partial charge on any atom is 0.230 e. The first-order valence-corrected chi connectivity index (χ1v) is 14.7. The molecule has 1 N–H and O–H groups in total. The van der Waals surface area contributed by atoms with Crippen LogP contribution < -0.4 is 14.8 Å². The van der Waals surface area contributed by atoms with E-state index in [2.05, 4.69) is 15.3 Å². The summed E-state index contributed by atoms with van der Waals surface area (Å²) in [4.78, 5) is 35.4. The van der Waals surface area contributed by atoms with Crippen LogP contribution in [-0.4, -0.2) is 65.8 Å². The molecule has 0 spiro atoms. The molecular weight excluding hydrogens is 571 g/mol. The zero-order valence-corrected chi connectivity index (χ0v) is 25.0. The molecule has 0 unspecified atom stereocenters. The maximum absolute atomic E-state index is 12.5. The van der Waals surface area contributed by atoms with Crippen molar-refractivity contribution in [2.24, 2.45) is 5.92 Å². The first kappa shape index (κ1) is 30.0. The molecule has 212 valence electrons. The maximum atomic E-state index is 12.5. The van der Waals surface area contributed by atoms with Crippen LogP contribution in [0.3, 0.4) is 0 Å². The highest BCUT2D eigenvalue weighted by molar-refractivity contribution is 7.99. The second-order valence-corrected chi connectivity index (χ2v) is 11.4. The number of benzene rings is 2. The molecule has 3 aromatic rings. The second kappa shape index (κ2) is 14.1. The zero-order chi connectivity index (χ0) is 28.6. The number of thioether (sulfide) groups is 1. The number of likely N-dealkylation sites (tertiary alicyclic amines) is 1. The molecule has 1 aromatic heterocycles. The van der Waals surface area contributed by atoms with E-state index in [0.717, 1.165) is 29.5 Å². The first-order chi connectivity index (χ1) is 19.3. The monoisotopic (exact) mass is 602 g/mol. The van der Waals surface area contributed by atoms with Crippen molar-refractivity contribution in [3.05, 3.63) is 64.4 Å².